The number of phenolic OH excluding ortho intramolecular Hbond substituents is 2. The lowest BCUT2D eigenvalue weighted by Crippen LogP contribution is -2.29. The molecule has 7 nitrogen and oxygen atoms in total. The van der Waals surface area contributed by atoms with Crippen LogP contribution in [0, 0.1) is 0 Å². The van der Waals surface area contributed by atoms with Crippen LogP contribution in [0.4, 0.5) is 0 Å². The number of ether oxygens (including phenoxy) is 1. The van der Waals surface area contributed by atoms with Gasteiger partial charge in [0, 0.05) is 30.2 Å². The summed E-state index contributed by atoms with van der Waals surface area (Å²) in [6.45, 7) is 2.15. The lowest BCUT2D eigenvalue weighted by molar-refractivity contribution is -0.137. The third-order valence-electron chi connectivity index (χ3n) is 4.03. The molecule has 0 aromatic heterocycles. The van der Waals surface area contributed by atoms with Crippen LogP contribution < -0.4 is 4.74 Å². The van der Waals surface area contributed by atoms with Gasteiger partial charge in [0.15, 0.2) is 11.5 Å². The molecular weight excluding hydrogens is 390 g/mol. The number of hydrogen-bond donors (Lipinski definition) is 3. The first-order chi connectivity index (χ1) is 12.8. The van der Waals surface area contributed by atoms with Crippen LogP contribution in [0.1, 0.15) is 37.3 Å². The Bertz CT molecular complexity index is 806. The summed E-state index contributed by atoms with van der Waals surface area (Å²) in [5.41, 5.74) is 0.840. The van der Waals surface area contributed by atoms with E-state index < -0.39 is 5.97 Å². The van der Waals surface area contributed by atoms with Crippen LogP contribution in [0.15, 0.2) is 11.0 Å². The van der Waals surface area contributed by atoms with Crippen molar-refractivity contribution in [1.82, 2.24) is 4.90 Å². The smallest absolute Gasteiger partial charge is 0.303 e. The highest BCUT2D eigenvalue weighted by atomic mass is 32.2. The summed E-state index contributed by atoms with van der Waals surface area (Å²) >= 11 is 6.30. The lowest BCUT2D eigenvalue weighted by Gasteiger charge is -2.14. The largest absolute Gasteiger partial charge is 0.507 e. The Morgan fingerprint density at radius 1 is 1.41 bits per heavy atom. The normalized spacial score (nSPS) is 15.6. The maximum atomic E-state index is 12.6. The average Bonchev–Trinajstić information content (AvgIpc) is 2.88. The van der Waals surface area contributed by atoms with Gasteiger partial charge in [0.1, 0.15) is 10.1 Å². The van der Waals surface area contributed by atoms with Gasteiger partial charge in [-0.2, -0.15) is 0 Å². The lowest BCUT2D eigenvalue weighted by atomic mass is 9.99. The van der Waals surface area contributed by atoms with E-state index >= 15 is 0 Å². The van der Waals surface area contributed by atoms with Gasteiger partial charge in [-0.3, -0.25) is 14.5 Å². The molecule has 0 unspecified atom stereocenters. The van der Waals surface area contributed by atoms with Crippen molar-refractivity contribution in [2.75, 3.05) is 13.7 Å². The zero-order valence-corrected chi connectivity index (χ0v) is 16.7. The number of carbonyl (C=O) groups is 2. The molecule has 0 saturated carbocycles. The van der Waals surface area contributed by atoms with E-state index in [2.05, 4.69) is 0 Å². The van der Waals surface area contributed by atoms with E-state index in [1.165, 1.54) is 24.2 Å². The molecular formula is C18H21NO6S2. The Hall–Kier alpha value is -2.26. The number of methoxy groups -OCH3 is 1. The summed E-state index contributed by atoms with van der Waals surface area (Å²) < 4.78 is 5.42. The van der Waals surface area contributed by atoms with Gasteiger partial charge in [0.05, 0.1) is 12.0 Å². The molecule has 1 aromatic rings. The minimum atomic E-state index is -0.932. The van der Waals surface area contributed by atoms with Crippen molar-refractivity contribution in [3.05, 3.63) is 22.1 Å². The fraction of sp³-hybridized carbons (Fsp3) is 0.389. The number of amides is 1. The SMILES string of the molecule is CCCc1c(O)c(OC)cc(O)c1/C=C1\SC(=S)N(CCCC(=O)O)C1=O. The third kappa shape index (κ3) is 4.72. The van der Waals surface area contributed by atoms with Crippen LogP contribution >= 0.6 is 24.0 Å². The maximum absolute atomic E-state index is 12.6. The number of benzene rings is 1. The van der Waals surface area contributed by atoms with Gasteiger partial charge in [-0.1, -0.05) is 37.3 Å². The summed E-state index contributed by atoms with van der Waals surface area (Å²) in [4.78, 5) is 24.9. The number of carbonyl (C=O) groups excluding carboxylic acids is 1. The Balaban J connectivity index is 2.35. The summed E-state index contributed by atoms with van der Waals surface area (Å²) in [5, 5.41) is 29.5. The van der Waals surface area contributed by atoms with Crippen molar-refractivity contribution in [1.29, 1.82) is 0 Å². The predicted octanol–water partition coefficient (Wildman–Crippen LogP) is 3.12. The molecule has 27 heavy (non-hydrogen) atoms. The van der Waals surface area contributed by atoms with Crippen LogP contribution in [-0.4, -0.2) is 50.1 Å². The van der Waals surface area contributed by atoms with E-state index in [1.54, 1.807) is 0 Å². The Labute approximate surface area is 166 Å². The van der Waals surface area contributed by atoms with Crippen molar-refractivity contribution in [3.63, 3.8) is 0 Å². The Morgan fingerprint density at radius 2 is 2.11 bits per heavy atom. The van der Waals surface area contributed by atoms with E-state index in [0.717, 1.165) is 18.2 Å². The molecule has 1 aliphatic heterocycles. The van der Waals surface area contributed by atoms with Crippen LogP contribution in [0.25, 0.3) is 6.08 Å². The van der Waals surface area contributed by atoms with Gasteiger partial charge in [-0.05, 0) is 18.9 Å². The minimum absolute atomic E-state index is 0.0517. The zero-order chi connectivity index (χ0) is 20.1. The fourth-order valence-electron chi connectivity index (χ4n) is 2.73. The quantitative estimate of drug-likeness (QED) is 0.340. The monoisotopic (exact) mass is 411 g/mol. The molecule has 3 N–H and O–H groups in total. The maximum Gasteiger partial charge on any atom is 0.303 e. The first-order valence-corrected chi connectivity index (χ1v) is 9.61. The first-order valence-electron chi connectivity index (χ1n) is 8.39. The van der Waals surface area contributed by atoms with Crippen molar-refractivity contribution in [2.24, 2.45) is 0 Å². The van der Waals surface area contributed by atoms with E-state index in [4.69, 9.17) is 22.1 Å². The van der Waals surface area contributed by atoms with Crippen molar-refractivity contribution in [2.45, 2.75) is 32.6 Å². The summed E-state index contributed by atoms with van der Waals surface area (Å²) in [6, 6.07) is 1.30. The molecule has 1 amide bonds. The van der Waals surface area contributed by atoms with Crippen LogP contribution in [0.3, 0.4) is 0 Å². The van der Waals surface area contributed by atoms with Crippen LogP contribution in [0.5, 0.6) is 17.2 Å². The molecule has 9 heteroatoms. The molecule has 1 aromatic carbocycles. The van der Waals surface area contributed by atoms with Crippen molar-refractivity contribution < 1.29 is 29.6 Å². The predicted molar refractivity (Wildman–Crippen MR) is 107 cm³/mol. The van der Waals surface area contributed by atoms with Gasteiger partial charge in [0.25, 0.3) is 5.91 Å². The van der Waals surface area contributed by atoms with E-state index in [9.17, 15) is 19.8 Å². The third-order valence-corrected chi connectivity index (χ3v) is 5.41. The van der Waals surface area contributed by atoms with Crippen LogP contribution in [-0.2, 0) is 16.0 Å². The van der Waals surface area contributed by atoms with Crippen molar-refractivity contribution in [3.8, 4) is 17.2 Å². The number of carboxylic acid groups (broad SMARTS) is 1. The fourth-order valence-corrected chi connectivity index (χ4v) is 4.02. The van der Waals surface area contributed by atoms with Crippen molar-refractivity contribution >= 4 is 46.3 Å². The zero-order valence-electron chi connectivity index (χ0n) is 15.0. The standard InChI is InChI=1S/C18H21NO6S2/c1-3-5-10-11(12(20)9-13(25-2)16(10)23)8-14-17(24)19(18(26)27-14)7-4-6-15(21)22/h8-9,20,23H,3-7H2,1-2H3,(H,21,22)/b14-8-. The summed E-state index contributed by atoms with van der Waals surface area (Å²) in [6.07, 6.45) is 2.96. The van der Waals surface area contributed by atoms with Gasteiger partial charge >= 0.3 is 5.97 Å². The number of thiocarbonyl (C=S) groups is 1. The van der Waals surface area contributed by atoms with Gasteiger partial charge in [-0.15, -0.1) is 0 Å². The highest BCUT2D eigenvalue weighted by Gasteiger charge is 2.32. The van der Waals surface area contributed by atoms with Crippen LogP contribution in [0.2, 0.25) is 0 Å². The number of nitrogens with zero attached hydrogens (tertiary/aromatic N) is 1. The first kappa shape index (κ1) is 21.0. The molecule has 0 atom stereocenters. The second kappa shape index (κ2) is 9.09. The molecule has 0 aliphatic carbocycles. The molecule has 1 fully saturated rings. The number of carboxylic acids is 1. The average molecular weight is 412 g/mol. The Kier molecular flexibility index (Phi) is 7.09. The number of thioether (sulfide) groups is 1. The molecule has 0 radical (unpaired) electrons. The number of aromatic hydroxyl groups is 2. The van der Waals surface area contributed by atoms with E-state index in [-0.39, 0.29) is 36.1 Å². The van der Waals surface area contributed by atoms with Gasteiger partial charge in [0.2, 0.25) is 0 Å². The number of aliphatic carboxylic acids is 1. The van der Waals surface area contributed by atoms with Gasteiger partial charge < -0.3 is 20.1 Å². The number of phenols is 2. The highest BCUT2D eigenvalue weighted by Crippen LogP contribution is 2.42. The topological polar surface area (TPSA) is 107 Å². The highest BCUT2D eigenvalue weighted by molar-refractivity contribution is 8.26. The summed E-state index contributed by atoms with van der Waals surface area (Å²) in [7, 11) is 1.39. The number of hydrogen-bond acceptors (Lipinski definition) is 7. The molecule has 1 heterocycles. The molecule has 2 rings (SSSR count). The van der Waals surface area contributed by atoms with E-state index in [1.807, 2.05) is 6.92 Å². The van der Waals surface area contributed by atoms with E-state index in [0.29, 0.717) is 33.2 Å². The molecule has 0 spiro atoms. The summed E-state index contributed by atoms with van der Waals surface area (Å²) in [5.74, 6) is -1.29. The molecule has 146 valence electrons. The second-order valence-corrected chi connectivity index (χ2v) is 7.60. The number of rotatable bonds is 8. The second-order valence-electron chi connectivity index (χ2n) is 5.92. The minimum Gasteiger partial charge on any atom is -0.507 e. The molecule has 0 bridgehead atoms. The van der Waals surface area contributed by atoms with Gasteiger partial charge in [-0.25, -0.2) is 0 Å². The molecule has 1 aliphatic rings. The molecule has 1 saturated heterocycles. The Morgan fingerprint density at radius 3 is 2.70 bits per heavy atom.